The fourth-order valence-corrected chi connectivity index (χ4v) is 2.80. The van der Waals surface area contributed by atoms with Gasteiger partial charge in [-0.3, -0.25) is 4.79 Å². The molecule has 0 saturated heterocycles. The second-order valence-electron chi connectivity index (χ2n) is 5.89. The zero-order valence-corrected chi connectivity index (χ0v) is 15.1. The zero-order chi connectivity index (χ0) is 19.3. The lowest BCUT2D eigenvalue weighted by molar-refractivity contribution is 0.414. The van der Waals surface area contributed by atoms with E-state index in [0.29, 0.717) is 11.0 Å². The highest BCUT2D eigenvalue weighted by molar-refractivity contribution is 5.79. The highest BCUT2D eigenvalue weighted by Gasteiger charge is 2.10. The lowest BCUT2D eigenvalue weighted by Crippen LogP contribution is -2.16. The molecule has 4 rings (SSSR count). The molecule has 0 saturated carbocycles. The molecule has 138 valence electrons. The van der Waals surface area contributed by atoms with Crippen molar-refractivity contribution in [1.29, 1.82) is 0 Å². The number of ether oxygens (including phenoxy) is 1. The van der Waals surface area contributed by atoms with Gasteiger partial charge in [0.05, 0.1) is 19.0 Å². The molecule has 7 nitrogen and oxygen atoms in total. The Balaban J connectivity index is 1.62. The largest absolute Gasteiger partial charge is 0.496 e. The van der Waals surface area contributed by atoms with E-state index in [-0.39, 0.29) is 5.56 Å². The summed E-state index contributed by atoms with van der Waals surface area (Å²) in [6.07, 6.45) is 8.02. The minimum atomic E-state index is -0.283. The van der Waals surface area contributed by atoms with Crippen LogP contribution < -0.4 is 10.3 Å². The minimum absolute atomic E-state index is 0.283. The molecule has 28 heavy (non-hydrogen) atoms. The standard InChI is InChI=1S/C21H17N5O2/c1-28-19-12-6-5-8-16(19)9-7-13-23-25-15-22-20-18(21(25)27)14-24-26(20)17-10-3-2-4-11-17/h2-15H,1H3/b9-7+,23-13-. The van der Waals surface area contributed by atoms with Gasteiger partial charge in [0.15, 0.2) is 5.65 Å². The third kappa shape index (κ3) is 3.33. The first kappa shape index (κ1) is 17.4. The molecule has 0 radical (unpaired) electrons. The highest BCUT2D eigenvalue weighted by Crippen LogP contribution is 2.18. The molecule has 0 amide bonds. The van der Waals surface area contributed by atoms with Gasteiger partial charge in [-0.1, -0.05) is 36.4 Å². The average Bonchev–Trinajstić information content (AvgIpc) is 3.18. The van der Waals surface area contributed by atoms with Gasteiger partial charge in [-0.2, -0.15) is 14.9 Å². The van der Waals surface area contributed by atoms with E-state index in [1.807, 2.05) is 60.7 Å². The van der Waals surface area contributed by atoms with Crippen LogP contribution in [0.3, 0.4) is 0 Å². The van der Waals surface area contributed by atoms with E-state index in [2.05, 4.69) is 15.2 Å². The van der Waals surface area contributed by atoms with Crippen molar-refractivity contribution in [2.45, 2.75) is 0 Å². The van der Waals surface area contributed by atoms with Crippen molar-refractivity contribution in [3.05, 3.63) is 89.1 Å². The van der Waals surface area contributed by atoms with Gasteiger partial charge >= 0.3 is 0 Å². The number of para-hydroxylation sites is 2. The maximum absolute atomic E-state index is 12.6. The molecule has 0 spiro atoms. The molecular weight excluding hydrogens is 354 g/mol. The second kappa shape index (κ2) is 7.71. The van der Waals surface area contributed by atoms with Crippen LogP contribution in [-0.2, 0) is 0 Å². The lowest BCUT2D eigenvalue weighted by atomic mass is 10.2. The van der Waals surface area contributed by atoms with E-state index in [4.69, 9.17) is 4.74 Å². The Labute approximate surface area is 160 Å². The molecule has 2 heterocycles. The summed E-state index contributed by atoms with van der Waals surface area (Å²) in [5.41, 5.74) is 1.97. The van der Waals surface area contributed by atoms with Crippen LogP contribution >= 0.6 is 0 Å². The Morgan fingerprint density at radius 2 is 1.86 bits per heavy atom. The van der Waals surface area contributed by atoms with Gasteiger partial charge in [-0.05, 0) is 30.4 Å². The van der Waals surface area contributed by atoms with Crippen LogP contribution in [0.25, 0.3) is 22.8 Å². The Hall–Kier alpha value is -4.00. The Morgan fingerprint density at radius 3 is 2.68 bits per heavy atom. The Bertz CT molecular complexity index is 1220. The van der Waals surface area contributed by atoms with Crippen LogP contribution in [0.5, 0.6) is 5.75 Å². The summed E-state index contributed by atoms with van der Waals surface area (Å²) >= 11 is 0. The SMILES string of the molecule is COc1ccccc1/C=C/C=N\n1cnc2c(cnn2-c2ccccc2)c1=O. The van der Waals surface area contributed by atoms with E-state index >= 15 is 0 Å². The first-order chi connectivity index (χ1) is 13.8. The molecule has 2 aromatic carbocycles. The molecule has 7 heteroatoms. The number of methoxy groups -OCH3 is 1. The first-order valence-electron chi connectivity index (χ1n) is 8.63. The predicted molar refractivity (Wildman–Crippen MR) is 109 cm³/mol. The monoisotopic (exact) mass is 371 g/mol. The third-order valence-electron chi connectivity index (χ3n) is 4.16. The van der Waals surface area contributed by atoms with Crippen molar-refractivity contribution in [2.75, 3.05) is 7.11 Å². The molecule has 0 aliphatic carbocycles. The van der Waals surface area contributed by atoms with Gasteiger partial charge in [0.25, 0.3) is 5.56 Å². The minimum Gasteiger partial charge on any atom is -0.496 e. The number of fused-ring (bicyclic) bond motifs is 1. The van der Waals surface area contributed by atoms with Crippen LogP contribution in [0.2, 0.25) is 0 Å². The third-order valence-corrected chi connectivity index (χ3v) is 4.16. The summed E-state index contributed by atoms with van der Waals surface area (Å²) < 4.78 is 8.11. The zero-order valence-electron chi connectivity index (χ0n) is 15.1. The molecule has 0 fully saturated rings. The molecule has 0 aliphatic heterocycles. The van der Waals surface area contributed by atoms with Crippen molar-refractivity contribution < 1.29 is 4.74 Å². The Morgan fingerprint density at radius 1 is 1.07 bits per heavy atom. The fraction of sp³-hybridized carbons (Fsp3) is 0.0476. The van der Waals surface area contributed by atoms with Crippen LogP contribution in [-0.4, -0.2) is 32.8 Å². The van der Waals surface area contributed by atoms with Crippen LogP contribution in [0.4, 0.5) is 0 Å². The van der Waals surface area contributed by atoms with Gasteiger partial charge in [-0.15, -0.1) is 0 Å². The van der Waals surface area contributed by atoms with E-state index in [9.17, 15) is 4.79 Å². The molecule has 0 N–H and O–H groups in total. The van der Waals surface area contributed by atoms with Crippen molar-refractivity contribution >= 4 is 23.3 Å². The quantitative estimate of drug-likeness (QED) is 0.505. The van der Waals surface area contributed by atoms with E-state index in [0.717, 1.165) is 17.0 Å². The van der Waals surface area contributed by atoms with E-state index < -0.39 is 0 Å². The number of nitrogens with zero attached hydrogens (tertiary/aromatic N) is 5. The maximum Gasteiger partial charge on any atom is 0.285 e. The second-order valence-corrected chi connectivity index (χ2v) is 5.89. The highest BCUT2D eigenvalue weighted by atomic mass is 16.5. The number of hydrogen-bond acceptors (Lipinski definition) is 5. The predicted octanol–water partition coefficient (Wildman–Crippen LogP) is 3.14. The summed E-state index contributed by atoms with van der Waals surface area (Å²) in [6, 6.07) is 17.2. The van der Waals surface area contributed by atoms with Crippen LogP contribution in [0.1, 0.15) is 5.56 Å². The summed E-state index contributed by atoms with van der Waals surface area (Å²) in [4.78, 5) is 17.0. The molecule has 0 unspecified atom stereocenters. The molecule has 0 aliphatic rings. The van der Waals surface area contributed by atoms with E-state index in [1.54, 1.807) is 17.9 Å². The molecule has 2 aromatic heterocycles. The van der Waals surface area contributed by atoms with Crippen molar-refractivity contribution in [3.8, 4) is 11.4 Å². The number of allylic oxidation sites excluding steroid dienone is 1. The van der Waals surface area contributed by atoms with Gasteiger partial charge in [0.1, 0.15) is 17.5 Å². The van der Waals surface area contributed by atoms with E-state index in [1.165, 1.54) is 23.4 Å². The smallest absolute Gasteiger partial charge is 0.285 e. The number of benzene rings is 2. The summed E-state index contributed by atoms with van der Waals surface area (Å²) in [5.74, 6) is 0.765. The average molecular weight is 371 g/mol. The number of hydrogen-bond donors (Lipinski definition) is 0. The summed E-state index contributed by atoms with van der Waals surface area (Å²) in [5, 5.41) is 8.84. The van der Waals surface area contributed by atoms with Gasteiger partial charge < -0.3 is 4.74 Å². The normalized spacial score (nSPS) is 11.6. The van der Waals surface area contributed by atoms with Crippen LogP contribution in [0, 0.1) is 0 Å². The summed E-state index contributed by atoms with van der Waals surface area (Å²) in [7, 11) is 1.62. The van der Waals surface area contributed by atoms with Crippen molar-refractivity contribution in [1.82, 2.24) is 19.4 Å². The molecular formula is C21H17N5O2. The van der Waals surface area contributed by atoms with Crippen molar-refractivity contribution in [3.63, 3.8) is 0 Å². The number of aromatic nitrogens is 4. The van der Waals surface area contributed by atoms with Gasteiger partial charge in [0.2, 0.25) is 0 Å². The topological polar surface area (TPSA) is 74.3 Å². The fourth-order valence-electron chi connectivity index (χ4n) is 2.80. The molecule has 0 bridgehead atoms. The molecule has 4 aromatic rings. The van der Waals surface area contributed by atoms with Gasteiger partial charge in [0, 0.05) is 11.8 Å². The lowest BCUT2D eigenvalue weighted by Gasteiger charge is -2.03. The summed E-state index contributed by atoms with van der Waals surface area (Å²) in [6.45, 7) is 0. The molecule has 0 atom stereocenters. The van der Waals surface area contributed by atoms with Crippen molar-refractivity contribution in [2.24, 2.45) is 5.10 Å². The number of rotatable bonds is 5. The first-order valence-corrected chi connectivity index (χ1v) is 8.63. The maximum atomic E-state index is 12.6. The van der Waals surface area contributed by atoms with Gasteiger partial charge in [-0.25, -0.2) is 9.67 Å². The van der Waals surface area contributed by atoms with Crippen LogP contribution in [0.15, 0.2) is 83.1 Å². The Kier molecular flexibility index (Phi) is 4.79.